The number of hydrogen-bond acceptors (Lipinski definition) is 7. The second-order valence-corrected chi connectivity index (χ2v) is 23.4. The lowest BCUT2D eigenvalue weighted by molar-refractivity contribution is 0.209. The van der Waals surface area contributed by atoms with Gasteiger partial charge in [0, 0.05) is 60.4 Å². The van der Waals surface area contributed by atoms with E-state index in [4.69, 9.17) is 0 Å². The van der Waals surface area contributed by atoms with Gasteiger partial charge in [0.25, 0.3) is 0 Å². The Balaban J connectivity index is -0.0000000331. The molecule has 5 aliphatic heterocycles. The van der Waals surface area contributed by atoms with Crippen LogP contribution in [0.5, 0.6) is 0 Å². The van der Waals surface area contributed by atoms with E-state index >= 15 is 0 Å². The Morgan fingerprint density at radius 3 is 0.232 bits per heavy atom. The van der Waals surface area contributed by atoms with Crippen LogP contribution < -0.4 is 0 Å². The van der Waals surface area contributed by atoms with Gasteiger partial charge in [-0.15, -0.1) is 0 Å². The maximum absolute atomic E-state index is 2.61. The zero-order valence-corrected chi connectivity index (χ0v) is 73.5. The third-order valence-corrected chi connectivity index (χ3v) is 21.5. The fourth-order valence-corrected chi connectivity index (χ4v) is 13.5. The average Bonchev–Trinajstić information content (AvgIpc) is 1.74. The normalized spacial score (nSPS) is 28.0. The van der Waals surface area contributed by atoms with Crippen molar-refractivity contribution >= 4 is 0 Å². The molecule has 0 aromatic carbocycles. The molecule has 20 atom stereocenters. The third-order valence-electron chi connectivity index (χ3n) is 21.5. The molecule has 0 bridgehead atoms. The van der Waals surface area contributed by atoms with Crippen molar-refractivity contribution in [1.29, 1.82) is 0 Å². The molecule has 7 nitrogen and oxygen atoms in total. The average molecular weight is 1440 g/mol. The van der Waals surface area contributed by atoms with Gasteiger partial charge in [-0.25, -0.2) is 0 Å². The number of likely N-dealkylation sites (tertiary alicyclic amines) is 5. The third kappa shape index (κ3) is 60.4. The summed E-state index contributed by atoms with van der Waals surface area (Å²) in [7, 11) is 0. The van der Waals surface area contributed by atoms with Crippen molar-refractivity contribution in [2.75, 3.05) is 72.0 Å². The van der Waals surface area contributed by atoms with Crippen LogP contribution in [0.3, 0.4) is 0 Å². The summed E-state index contributed by atoms with van der Waals surface area (Å²) in [6.45, 7) is 125. The Labute approximate surface area is 649 Å². The van der Waals surface area contributed by atoms with Gasteiger partial charge >= 0.3 is 0 Å². The largest absolute Gasteiger partial charge is 0.304 e. The number of nitrogens with zero attached hydrogens (tertiary/aromatic N) is 7. The van der Waals surface area contributed by atoms with Crippen LogP contribution in [0.15, 0.2) is 0 Å². The van der Waals surface area contributed by atoms with E-state index < -0.39 is 0 Å². The highest BCUT2D eigenvalue weighted by Gasteiger charge is 2.41. The highest BCUT2D eigenvalue weighted by molar-refractivity contribution is 4.95. The molecule has 5 saturated heterocycles. The Hall–Kier alpha value is -0.280. The van der Waals surface area contributed by atoms with Crippen LogP contribution in [0.25, 0.3) is 0 Å². The van der Waals surface area contributed by atoms with Crippen molar-refractivity contribution in [3.63, 3.8) is 0 Å². The molecule has 0 aromatic heterocycles. The van der Waals surface area contributed by atoms with E-state index in [1.165, 1.54) is 72.0 Å². The molecule has 638 valence electrons. The van der Waals surface area contributed by atoms with Crippen LogP contribution in [0.4, 0.5) is 0 Å². The molecule has 0 radical (unpaired) electrons. The summed E-state index contributed by atoms with van der Waals surface area (Å²) < 4.78 is 0. The molecule has 5 heterocycles. The summed E-state index contributed by atoms with van der Waals surface area (Å²) in [5.74, 6) is 8.66. The molecule has 5 fully saturated rings. The van der Waals surface area contributed by atoms with E-state index in [1.54, 1.807) is 0 Å². The van der Waals surface area contributed by atoms with E-state index in [-0.39, 0.29) is 74.3 Å². The number of hydrogen-bond donors (Lipinski definition) is 0. The molecule has 0 aromatic rings. The van der Waals surface area contributed by atoms with Crippen LogP contribution in [-0.4, -0.2) is 167 Å². The first-order chi connectivity index (χ1) is 42.1. The smallest absolute Gasteiger partial charge is 0.00984 e. The first kappa shape index (κ1) is 160. The first-order valence-electron chi connectivity index (χ1n) is 40.4. The van der Waals surface area contributed by atoms with Crippen molar-refractivity contribution in [2.45, 2.75) is 488 Å². The summed E-state index contributed by atoms with van der Waals surface area (Å²) in [5.41, 5.74) is 0. The molecule has 0 saturated carbocycles. The van der Waals surface area contributed by atoms with E-state index in [1.807, 2.05) is 138 Å². The summed E-state index contributed by atoms with van der Waals surface area (Å²) in [4.78, 5) is 17.8. The predicted octanol–water partition coefficient (Wildman–Crippen LogP) is 31.2. The van der Waals surface area contributed by atoms with Gasteiger partial charge in [-0.1, -0.05) is 358 Å². The lowest BCUT2D eigenvalue weighted by atomic mass is 9.92. The predicted molar refractivity (Wildman–Crippen MR) is 496 cm³/mol. The molecule has 0 N–H and O–H groups in total. The summed E-state index contributed by atoms with van der Waals surface area (Å²) in [6.07, 6.45) is 0. The van der Waals surface area contributed by atoms with Crippen LogP contribution in [0.1, 0.15) is 427 Å². The highest BCUT2D eigenvalue weighted by Crippen LogP contribution is 2.37. The van der Waals surface area contributed by atoms with Crippen LogP contribution in [0, 0.1) is 59.2 Å². The molecular weight excluding hydrogens is 1200 g/mol. The molecule has 99 heavy (non-hydrogen) atoms. The van der Waals surface area contributed by atoms with Gasteiger partial charge in [-0.2, -0.15) is 0 Å². The highest BCUT2D eigenvalue weighted by atomic mass is 15.2. The van der Waals surface area contributed by atoms with Gasteiger partial charge < -0.3 is 9.80 Å². The molecule has 0 amide bonds. The van der Waals surface area contributed by atoms with Gasteiger partial charge in [0.1, 0.15) is 0 Å². The van der Waals surface area contributed by atoms with E-state index in [0.29, 0.717) is 0 Å². The van der Waals surface area contributed by atoms with Crippen LogP contribution in [0.2, 0.25) is 0 Å². The quantitative estimate of drug-likeness (QED) is 0.203. The molecule has 5 rings (SSSR count). The second kappa shape index (κ2) is 109. The number of rotatable bonds is 11. The monoisotopic (exact) mass is 1440 g/mol. The van der Waals surface area contributed by atoms with Crippen molar-refractivity contribution in [3.8, 4) is 0 Å². The lowest BCUT2D eigenvalue weighted by Gasteiger charge is -2.25. The van der Waals surface area contributed by atoms with E-state index in [0.717, 1.165) is 120 Å². The second-order valence-electron chi connectivity index (χ2n) is 23.4. The minimum atomic E-state index is 0. The van der Waals surface area contributed by atoms with Gasteiger partial charge in [-0.3, -0.25) is 24.5 Å². The van der Waals surface area contributed by atoms with E-state index in [9.17, 15) is 0 Å². The maximum Gasteiger partial charge on any atom is 0.00984 e. The lowest BCUT2D eigenvalue weighted by Crippen LogP contribution is -2.34. The molecular formula is C92H235N7. The van der Waals surface area contributed by atoms with Gasteiger partial charge in [0.2, 0.25) is 0 Å². The standard InChI is InChI=1S/5C10H21N.2C6H15N.10C2H6.10CH4/c5*1-6-11-9(4)7(2)8(3)10(11)5;2*1-4-7(5-2)6-3;10*1-2;;;;;;;;;;/h5*7-10H,6H2,1-5H3;2*4-6H2,1-3H3;10*1-2H3;10*1H4/t5*7-,8+,9-,10+;;;;;;;;;;;;;;;;;;;;;;. The fourth-order valence-electron chi connectivity index (χ4n) is 13.5. The van der Waals surface area contributed by atoms with Crippen LogP contribution in [-0.2, 0) is 0 Å². The SMILES string of the molecule is C.C.C.C.C.C.C.C.C.C.CC.CC.CC.CC.CC.CC.CC.CC.CC.CC.CCN(CC)CC.CCN(CC)CC.CCN1[C@H](C)[C@H](C)[C@H](C)[C@@H]1C.CCN1[C@H](C)[C@H](C)[C@H](C)[C@@H]1C.CCN1[C@H](C)[C@H](C)[C@H](C)[C@@H]1C.CCN1[C@H](C)[C@H](C)[C@H](C)[C@@H]1C.CCN1[C@H](C)[C@H](C)[C@H](C)[C@@H]1C. The molecule has 0 unspecified atom stereocenters. The molecule has 0 spiro atoms. The van der Waals surface area contributed by atoms with Crippen molar-refractivity contribution in [3.05, 3.63) is 0 Å². The van der Waals surface area contributed by atoms with Gasteiger partial charge in [0.05, 0.1) is 0 Å². The summed E-state index contributed by atoms with van der Waals surface area (Å²) >= 11 is 0. The van der Waals surface area contributed by atoms with Crippen LogP contribution >= 0.6 is 0 Å². The Morgan fingerprint density at radius 1 is 0.152 bits per heavy atom. The zero-order chi connectivity index (χ0) is 74.4. The van der Waals surface area contributed by atoms with E-state index in [2.05, 4.69) is 249 Å². The summed E-state index contributed by atoms with van der Waals surface area (Å²) in [6, 6.07) is 7.82. The molecule has 5 aliphatic rings. The topological polar surface area (TPSA) is 22.7 Å². The fraction of sp³-hybridized carbons (Fsp3) is 1.00. The maximum atomic E-state index is 2.61. The minimum Gasteiger partial charge on any atom is -0.304 e. The molecule has 0 aliphatic carbocycles. The van der Waals surface area contributed by atoms with Crippen molar-refractivity contribution in [1.82, 2.24) is 34.3 Å². The summed E-state index contributed by atoms with van der Waals surface area (Å²) in [5, 5.41) is 0. The van der Waals surface area contributed by atoms with Gasteiger partial charge in [-0.05, 0) is 200 Å². The molecule has 7 heteroatoms. The van der Waals surface area contributed by atoms with Crippen molar-refractivity contribution < 1.29 is 0 Å². The Morgan fingerprint density at radius 2 is 0.212 bits per heavy atom. The first-order valence-corrected chi connectivity index (χ1v) is 40.4. The van der Waals surface area contributed by atoms with Crippen molar-refractivity contribution in [2.24, 2.45) is 59.2 Å². The zero-order valence-electron chi connectivity index (χ0n) is 73.5. The Kier molecular flexibility index (Phi) is 176. The minimum absolute atomic E-state index is 0. The Bertz CT molecular complexity index is 950. The van der Waals surface area contributed by atoms with Gasteiger partial charge in [0.15, 0.2) is 0 Å².